The summed E-state index contributed by atoms with van der Waals surface area (Å²) in [5, 5.41) is 2.65. The summed E-state index contributed by atoms with van der Waals surface area (Å²) >= 11 is 1.47. The van der Waals surface area contributed by atoms with Gasteiger partial charge >= 0.3 is 0 Å². The van der Waals surface area contributed by atoms with Gasteiger partial charge in [-0.25, -0.2) is 9.37 Å². The predicted octanol–water partition coefficient (Wildman–Crippen LogP) is 3.02. The van der Waals surface area contributed by atoms with Crippen LogP contribution in [-0.2, 0) is 7.05 Å². The Morgan fingerprint density at radius 3 is 2.88 bits per heavy atom. The lowest BCUT2D eigenvalue weighted by atomic mass is 10.3. The van der Waals surface area contributed by atoms with Crippen molar-refractivity contribution in [2.45, 2.75) is 0 Å². The summed E-state index contributed by atoms with van der Waals surface area (Å²) in [7, 11) is 1.90. The van der Waals surface area contributed by atoms with Crippen LogP contribution in [0.25, 0.3) is 22.4 Å². The summed E-state index contributed by atoms with van der Waals surface area (Å²) < 4.78 is 15.1. The molecule has 0 fully saturated rings. The van der Waals surface area contributed by atoms with Crippen LogP contribution in [0.4, 0.5) is 9.39 Å². The second-order valence-corrected chi connectivity index (χ2v) is 4.77. The van der Waals surface area contributed by atoms with Crippen LogP contribution in [0.2, 0.25) is 0 Å². The van der Waals surface area contributed by atoms with E-state index < -0.39 is 0 Å². The molecule has 0 radical (unpaired) electrons. The van der Waals surface area contributed by atoms with Gasteiger partial charge in [0.05, 0.1) is 21.6 Å². The van der Waals surface area contributed by atoms with Gasteiger partial charge in [0.15, 0.2) is 0 Å². The quantitative estimate of drug-likeness (QED) is 0.718. The van der Waals surface area contributed by atoms with Crippen molar-refractivity contribution in [3.63, 3.8) is 0 Å². The average molecular weight is 247 g/mol. The van der Waals surface area contributed by atoms with Crippen molar-refractivity contribution >= 4 is 27.4 Å². The number of nitrogen functional groups attached to an aromatic ring is 1. The number of fused-ring (bicyclic) bond motifs is 1. The smallest absolute Gasteiger partial charge is 0.143 e. The normalized spacial score (nSPS) is 11.2. The number of rotatable bonds is 1. The van der Waals surface area contributed by atoms with E-state index in [1.807, 2.05) is 23.1 Å². The predicted molar refractivity (Wildman–Crippen MR) is 68.4 cm³/mol. The van der Waals surface area contributed by atoms with Crippen molar-refractivity contribution in [1.29, 1.82) is 0 Å². The molecular formula is C12H10FN3S. The molecule has 0 spiro atoms. The molecule has 0 saturated carbocycles. The van der Waals surface area contributed by atoms with Gasteiger partial charge in [-0.2, -0.15) is 0 Å². The molecule has 3 nitrogen and oxygen atoms in total. The lowest BCUT2D eigenvalue weighted by Crippen LogP contribution is -1.93. The molecular weight excluding hydrogens is 237 g/mol. The van der Waals surface area contributed by atoms with Gasteiger partial charge in [0.25, 0.3) is 0 Å². The van der Waals surface area contributed by atoms with Gasteiger partial charge < -0.3 is 10.3 Å². The first-order valence-electron chi connectivity index (χ1n) is 5.12. The minimum absolute atomic E-state index is 0.277. The number of halogens is 1. The third-order valence-electron chi connectivity index (χ3n) is 2.78. The standard InChI is InChI=1S/C12H10FN3S/c1-16-10-3-2-7(13)6-9(10)15-12(16)8-4-5-17-11(8)14/h2-6H,14H2,1H3. The molecule has 0 unspecified atom stereocenters. The second kappa shape index (κ2) is 3.56. The number of hydrogen-bond donors (Lipinski definition) is 1. The summed E-state index contributed by atoms with van der Waals surface area (Å²) in [5.41, 5.74) is 8.32. The maximum absolute atomic E-state index is 13.1. The van der Waals surface area contributed by atoms with E-state index in [2.05, 4.69) is 4.98 Å². The van der Waals surface area contributed by atoms with Gasteiger partial charge in [0.2, 0.25) is 0 Å². The molecule has 0 bridgehead atoms. The highest BCUT2D eigenvalue weighted by atomic mass is 32.1. The Morgan fingerprint density at radius 2 is 2.18 bits per heavy atom. The van der Waals surface area contributed by atoms with E-state index in [1.54, 1.807) is 6.07 Å². The summed E-state index contributed by atoms with van der Waals surface area (Å²) in [5.74, 6) is 0.491. The lowest BCUT2D eigenvalue weighted by molar-refractivity contribution is 0.629. The number of imidazole rings is 1. The number of hydrogen-bond acceptors (Lipinski definition) is 3. The molecule has 2 N–H and O–H groups in total. The molecule has 86 valence electrons. The van der Waals surface area contributed by atoms with Crippen LogP contribution in [0.1, 0.15) is 0 Å². The summed E-state index contributed by atoms with van der Waals surface area (Å²) in [6.07, 6.45) is 0. The summed E-state index contributed by atoms with van der Waals surface area (Å²) in [4.78, 5) is 4.43. The van der Waals surface area contributed by atoms with Crippen molar-refractivity contribution in [2.75, 3.05) is 5.73 Å². The minimum Gasteiger partial charge on any atom is -0.390 e. The van der Waals surface area contributed by atoms with E-state index in [9.17, 15) is 4.39 Å². The van der Waals surface area contributed by atoms with Crippen LogP contribution in [-0.4, -0.2) is 9.55 Å². The monoisotopic (exact) mass is 247 g/mol. The Bertz CT molecular complexity index is 699. The molecule has 2 heterocycles. The van der Waals surface area contributed by atoms with Gasteiger partial charge in [0, 0.05) is 13.1 Å². The SMILES string of the molecule is Cn1c(-c2ccsc2N)nc2cc(F)ccc21. The van der Waals surface area contributed by atoms with Gasteiger partial charge in [0.1, 0.15) is 11.6 Å². The molecule has 17 heavy (non-hydrogen) atoms. The highest BCUT2D eigenvalue weighted by molar-refractivity contribution is 7.14. The largest absolute Gasteiger partial charge is 0.390 e. The van der Waals surface area contributed by atoms with E-state index in [0.29, 0.717) is 5.52 Å². The van der Waals surface area contributed by atoms with Crippen molar-refractivity contribution < 1.29 is 4.39 Å². The zero-order valence-electron chi connectivity index (χ0n) is 9.14. The van der Waals surface area contributed by atoms with Gasteiger partial charge in [-0.05, 0) is 23.6 Å². The summed E-state index contributed by atoms with van der Waals surface area (Å²) in [6, 6.07) is 6.52. The Kier molecular flexibility index (Phi) is 2.16. The first-order valence-corrected chi connectivity index (χ1v) is 6.00. The maximum atomic E-state index is 13.1. The van der Waals surface area contributed by atoms with E-state index in [1.165, 1.54) is 23.5 Å². The first kappa shape index (κ1) is 10.3. The van der Waals surface area contributed by atoms with E-state index >= 15 is 0 Å². The second-order valence-electron chi connectivity index (χ2n) is 3.83. The lowest BCUT2D eigenvalue weighted by Gasteiger charge is -2.00. The molecule has 3 rings (SSSR count). The summed E-state index contributed by atoms with van der Waals surface area (Å²) in [6.45, 7) is 0. The molecule has 0 saturated heterocycles. The highest BCUT2D eigenvalue weighted by Gasteiger charge is 2.13. The Hall–Kier alpha value is -1.88. The zero-order valence-corrected chi connectivity index (χ0v) is 9.96. The van der Waals surface area contributed by atoms with Crippen molar-refractivity contribution in [3.05, 3.63) is 35.5 Å². The van der Waals surface area contributed by atoms with Gasteiger partial charge in [-0.3, -0.25) is 0 Å². The average Bonchev–Trinajstić information content (AvgIpc) is 2.83. The molecule has 2 aromatic heterocycles. The third-order valence-corrected chi connectivity index (χ3v) is 3.52. The van der Waals surface area contributed by atoms with Gasteiger partial charge in [-0.15, -0.1) is 11.3 Å². The van der Waals surface area contributed by atoms with E-state index in [0.717, 1.165) is 21.9 Å². The Labute approximate surface area is 101 Å². The van der Waals surface area contributed by atoms with Crippen LogP contribution >= 0.6 is 11.3 Å². The molecule has 0 amide bonds. The van der Waals surface area contributed by atoms with Crippen molar-refractivity contribution in [2.24, 2.45) is 7.05 Å². The van der Waals surface area contributed by atoms with Crippen molar-refractivity contribution in [3.8, 4) is 11.4 Å². The van der Waals surface area contributed by atoms with E-state index in [4.69, 9.17) is 5.73 Å². The van der Waals surface area contributed by atoms with Gasteiger partial charge in [-0.1, -0.05) is 0 Å². The highest BCUT2D eigenvalue weighted by Crippen LogP contribution is 2.31. The maximum Gasteiger partial charge on any atom is 0.143 e. The van der Waals surface area contributed by atoms with Crippen LogP contribution in [0.5, 0.6) is 0 Å². The third kappa shape index (κ3) is 1.51. The molecule has 0 aliphatic heterocycles. The number of nitrogens with two attached hydrogens (primary N) is 1. The molecule has 0 atom stereocenters. The zero-order chi connectivity index (χ0) is 12.0. The number of anilines is 1. The van der Waals surface area contributed by atoms with Crippen molar-refractivity contribution in [1.82, 2.24) is 9.55 Å². The number of benzene rings is 1. The molecule has 3 aromatic rings. The first-order chi connectivity index (χ1) is 8.16. The van der Waals surface area contributed by atoms with Crippen LogP contribution in [0.15, 0.2) is 29.6 Å². The molecule has 1 aromatic carbocycles. The number of nitrogens with zero attached hydrogens (tertiary/aromatic N) is 2. The Morgan fingerprint density at radius 1 is 1.35 bits per heavy atom. The number of aryl methyl sites for hydroxylation is 1. The fraction of sp³-hybridized carbons (Fsp3) is 0.0833. The van der Waals surface area contributed by atoms with Crippen LogP contribution < -0.4 is 5.73 Å². The minimum atomic E-state index is -0.277. The molecule has 5 heteroatoms. The number of aromatic nitrogens is 2. The number of thiophene rings is 1. The fourth-order valence-corrected chi connectivity index (χ4v) is 2.56. The molecule has 0 aliphatic carbocycles. The van der Waals surface area contributed by atoms with Crippen LogP contribution in [0.3, 0.4) is 0 Å². The molecule has 0 aliphatic rings. The topological polar surface area (TPSA) is 43.8 Å². The Balaban J connectivity index is 2.31. The fourth-order valence-electron chi connectivity index (χ4n) is 1.92. The van der Waals surface area contributed by atoms with E-state index in [-0.39, 0.29) is 5.82 Å². The van der Waals surface area contributed by atoms with Crippen LogP contribution in [0, 0.1) is 5.82 Å².